The first-order chi connectivity index (χ1) is 13.2. The highest BCUT2D eigenvalue weighted by Crippen LogP contribution is 2.26. The Kier molecular flexibility index (Phi) is 5.64. The highest BCUT2D eigenvalue weighted by molar-refractivity contribution is 5.49. The summed E-state index contributed by atoms with van der Waals surface area (Å²) >= 11 is 0. The lowest BCUT2D eigenvalue weighted by molar-refractivity contribution is 0.249. The first-order valence-electron chi connectivity index (χ1n) is 10.2. The van der Waals surface area contributed by atoms with Gasteiger partial charge in [0.05, 0.1) is 5.69 Å². The quantitative estimate of drug-likeness (QED) is 0.877. The molecule has 2 aromatic rings. The van der Waals surface area contributed by atoms with Crippen LogP contribution in [0.5, 0.6) is 0 Å². The van der Waals surface area contributed by atoms with E-state index < -0.39 is 0 Å². The summed E-state index contributed by atoms with van der Waals surface area (Å²) in [4.78, 5) is 18.6. The van der Waals surface area contributed by atoms with E-state index in [9.17, 15) is 0 Å². The predicted molar refractivity (Wildman–Crippen MR) is 108 cm³/mol. The third kappa shape index (κ3) is 4.45. The van der Waals surface area contributed by atoms with E-state index in [2.05, 4.69) is 51.1 Å². The number of nitrogens with zero attached hydrogens (tertiary/aromatic N) is 5. The van der Waals surface area contributed by atoms with Crippen LogP contribution in [0.3, 0.4) is 0 Å². The standard InChI is InChI=1S/C21H30N6/c1-3-21-23-13-17(14-24-21)15-26-7-9-27(10-8-26)18-11-16(2)25-20(12-18)19-5-4-6-22-19/h11-14,19,22H,3-10,15H2,1-2H3/t19-/m0/s1. The van der Waals surface area contributed by atoms with E-state index in [1.807, 2.05) is 12.4 Å². The van der Waals surface area contributed by atoms with Gasteiger partial charge >= 0.3 is 0 Å². The molecule has 27 heavy (non-hydrogen) atoms. The van der Waals surface area contributed by atoms with E-state index in [4.69, 9.17) is 4.98 Å². The van der Waals surface area contributed by atoms with Crippen LogP contribution in [0, 0.1) is 6.92 Å². The van der Waals surface area contributed by atoms with Gasteiger partial charge in [0.2, 0.25) is 0 Å². The van der Waals surface area contributed by atoms with E-state index in [0.717, 1.165) is 57.2 Å². The Balaban J connectivity index is 1.37. The van der Waals surface area contributed by atoms with Gasteiger partial charge in [-0.05, 0) is 38.4 Å². The third-order valence-electron chi connectivity index (χ3n) is 5.59. The number of hydrogen-bond donors (Lipinski definition) is 1. The number of rotatable bonds is 5. The van der Waals surface area contributed by atoms with Crippen LogP contribution < -0.4 is 10.2 Å². The van der Waals surface area contributed by atoms with Gasteiger partial charge in [0.1, 0.15) is 5.82 Å². The smallest absolute Gasteiger partial charge is 0.127 e. The van der Waals surface area contributed by atoms with Crippen LogP contribution in [0.25, 0.3) is 0 Å². The van der Waals surface area contributed by atoms with Crippen LogP contribution in [-0.4, -0.2) is 52.6 Å². The van der Waals surface area contributed by atoms with Gasteiger partial charge in [-0.3, -0.25) is 9.88 Å². The second-order valence-corrected chi connectivity index (χ2v) is 7.66. The van der Waals surface area contributed by atoms with Gasteiger partial charge in [0.15, 0.2) is 0 Å². The predicted octanol–water partition coefficient (Wildman–Crippen LogP) is 2.49. The molecule has 2 saturated heterocycles. The Morgan fingerprint density at radius 1 is 1.11 bits per heavy atom. The molecule has 2 fully saturated rings. The van der Waals surface area contributed by atoms with Crippen molar-refractivity contribution >= 4 is 5.69 Å². The van der Waals surface area contributed by atoms with Gasteiger partial charge in [-0.15, -0.1) is 0 Å². The van der Waals surface area contributed by atoms with E-state index in [1.54, 1.807) is 0 Å². The fraction of sp³-hybridized carbons (Fsp3) is 0.571. The molecule has 4 heterocycles. The molecule has 1 N–H and O–H groups in total. The van der Waals surface area contributed by atoms with Crippen molar-refractivity contribution in [3.8, 4) is 0 Å². The molecular weight excluding hydrogens is 336 g/mol. The molecule has 6 heteroatoms. The summed E-state index contributed by atoms with van der Waals surface area (Å²) < 4.78 is 0. The third-order valence-corrected chi connectivity index (χ3v) is 5.59. The Morgan fingerprint density at radius 2 is 1.89 bits per heavy atom. The van der Waals surface area contributed by atoms with E-state index in [0.29, 0.717) is 6.04 Å². The van der Waals surface area contributed by atoms with Crippen molar-refractivity contribution in [1.29, 1.82) is 0 Å². The maximum atomic E-state index is 4.78. The van der Waals surface area contributed by atoms with Gasteiger partial charge in [0, 0.05) is 74.5 Å². The topological polar surface area (TPSA) is 57.2 Å². The van der Waals surface area contributed by atoms with Crippen molar-refractivity contribution in [1.82, 2.24) is 25.2 Å². The SMILES string of the molecule is CCc1ncc(CN2CCN(c3cc(C)nc([C@@H]4CCCN4)c3)CC2)cn1. The second kappa shape index (κ2) is 8.31. The van der Waals surface area contributed by atoms with Crippen molar-refractivity contribution in [3.63, 3.8) is 0 Å². The molecule has 2 aliphatic rings. The molecule has 2 aliphatic heterocycles. The zero-order chi connectivity index (χ0) is 18.6. The number of nitrogens with one attached hydrogen (secondary N) is 1. The lowest BCUT2D eigenvalue weighted by atomic mass is 10.1. The molecule has 6 nitrogen and oxygen atoms in total. The molecule has 0 unspecified atom stereocenters. The van der Waals surface area contributed by atoms with Crippen molar-refractivity contribution in [2.75, 3.05) is 37.6 Å². The maximum absolute atomic E-state index is 4.78. The Labute approximate surface area is 162 Å². The molecule has 1 atom stereocenters. The van der Waals surface area contributed by atoms with Gasteiger partial charge < -0.3 is 10.2 Å². The summed E-state index contributed by atoms with van der Waals surface area (Å²) in [5.74, 6) is 0.921. The minimum Gasteiger partial charge on any atom is -0.369 e. The molecule has 0 spiro atoms. The van der Waals surface area contributed by atoms with Crippen molar-refractivity contribution in [3.05, 3.63) is 47.3 Å². The highest BCUT2D eigenvalue weighted by Gasteiger charge is 2.22. The van der Waals surface area contributed by atoms with Crippen LogP contribution in [0.4, 0.5) is 5.69 Å². The normalized spacial score (nSPS) is 21.0. The maximum Gasteiger partial charge on any atom is 0.127 e. The van der Waals surface area contributed by atoms with Crippen molar-refractivity contribution in [2.45, 2.75) is 45.7 Å². The van der Waals surface area contributed by atoms with Crippen LogP contribution >= 0.6 is 0 Å². The summed E-state index contributed by atoms with van der Waals surface area (Å²) in [6.07, 6.45) is 7.29. The lowest BCUT2D eigenvalue weighted by Gasteiger charge is -2.36. The number of hydrogen-bond acceptors (Lipinski definition) is 6. The van der Waals surface area contributed by atoms with Crippen LogP contribution in [0.2, 0.25) is 0 Å². The molecule has 0 radical (unpaired) electrons. The molecular formula is C21H30N6. The molecule has 0 bridgehead atoms. The molecule has 144 valence electrons. The first-order valence-corrected chi connectivity index (χ1v) is 10.2. The number of anilines is 1. The largest absolute Gasteiger partial charge is 0.369 e. The van der Waals surface area contributed by atoms with Gasteiger partial charge in [-0.2, -0.15) is 0 Å². The first kappa shape index (κ1) is 18.3. The summed E-state index contributed by atoms with van der Waals surface area (Å²) in [6.45, 7) is 10.5. The monoisotopic (exact) mass is 366 g/mol. The second-order valence-electron chi connectivity index (χ2n) is 7.66. The van der Waals surface area contributed by atoms with E-state index in [-0.39, 0.29) is 0 Å². The highest BCUT2D eigenvalue weighted by atomic mass is 15.3. The fourth-order valence-electron chi connectivity index (χ4n) is 4.04. The zero-order valence-electron chi connectivity index (χ0n) is 16.5. The van der Waals surface area contributed by atoms with Gasteiger partial charge in [-0.1, -0.05) is 6.92 Å². The number of pyridine rings is 1. The minimum atomic E-state index is 0.427. The average Bonchev–Trinajstić information content (AvgIpc) is 3.24. The summed E-state index contributed by atoms with van der Waals surface area (Å²) in [6, 6.07) is 4.95. The van der Waals surface area contributed by atoms with E-state index in [1.165, 1.54) is 29.8 Å². The van der Waals surface area contributed by atoms with Crippen molar-refractivity contribution < 1.29 is 0 Å². The molecule has 0 amide bonds. The molecule has 0 aliphatic carbocycles. The molecule has 2 aromatic heterocycles. The van der Waals surface area contributed by atoms with Gasteiger partial charge in [-0.25, -0.2) is 9.97 Å². The molecule has 0 aromatic carbocycles. The number of aryl methyl sites for hydroxylation is 2. The summed E-state index contributed by atoms with van der Waals surface area (Å²) in [5, 5.41) is 3.57. The van der Waals surface area contributed by atoms with Crippen LogP contribution in [0.1, 0.15) is 48.6 Å². The van der Waals surface area contributed by atoms with E-state index >= 15 is 0 Å². The zero-order valence-corrected chi connectivity index (χ0v) is 16.5. The fourth-order valence-corrected chi connectivity index (χ4v) is 4.04. The number of aromatic nitrogens is 3. The number of piperazine rings is 1. The summed E-state index contributed by atoms with van der Waals surface area (Å²) in [5.41, 5.74) is 4.85. The Morgan fingerprint density at radius 3 is 2.56 bits per heavy atom. The Bertz CT molecular complexity index is 746. The van der Waals surface area contributed by atoms with Gasteiger partial charge in [0.25, 0.3) is 0 Å². The lowest BCUT2D eigenvalue weighted by Crippen LogP contribution is -2.46. The van der Waals surface area contributed by atoms with Crippen LogP contribution in [0.15, 0.2) is 24.5 Å². The minimum absolute atomic E-state index is 0.427. The summed E-state index contributed by atoms with van der Waals surface area (Å²) in [7, 11) is 0. The molecule has 4 rings (SSSR count). The average molecular weight is 367 g/mol. The van der Waals surface area contributed by atoms with Crippen molar-refractivity contribution in [2.24, 2.45) is 0 Å². The van der Waals surface area contributed by atoms with Crippen LogP contribution in [-0.2, 0) is 13.0 Å². The molecule has 0 saturated carbocycles. The Hall–Kier alpha value is -2.05.